The lowest BCUT2D eigenvalue weighted by atomic mass is 10.1. The van der Waals surface area contributed by atoms with E-state index in [4.69, 9.17) is 10.2 Å². The van der Waals surface area contributed by atoms with E-state index in [1.165, 1.54) is 0 Å². The van der Waals surface area contributed by atoms with Crippen LogP contribution in [0.3, 0.4) is 0 Å². The maximum atomic E-state index is 12.3. The fourth-order valence-electron chi connectivity index (χ4n) is 1.63. The van der Waals surface area contributed by atoms with Gasteiger partial charge >= 0.3 is 0 Å². The van der Waals surface area contributed by atoms with Crippen LogP contribution in [0.15, 0.2) is 6.07 Å². The maximum Gasteiger partial charge on any atom is 0.253 e. The minimum Gasteiger partial charge on any atom is -0.395 e. The molecule has 0 aromatic heterocycles. The first-order chi connectivity index (χ1) is 10.8. The van der Waals surface area contributed by atoms with Crippen LogP contribution in [0.25, 0.3) is 0 Å². The molecule has 0 fully saturated rings. The van der Waals surface area contributed by atoms with E-state index in [-0.39, 0.29) is 25.6 Å². The van der Waals surface area contributed by atoms with E-state index in [0.717, 1.165) is 0 Å². The normalized spacial score (nSPS) is 11.9. The number of aliphatic hydroxyl groups is 3. The second kappa shape index (κ2) is 10.3. The molecule has 0 radical (unpaired) electrons. The Morgan fingerprint density at radius 1 is 1.04 bits per heavy atom. The van der Waals surface area contributed by atoms with Gasteiger partial charge in [0.15, 0.2) is 0 Å². The Morgan fingerprint density at radius 2 is 1.57 bits per heavy atom. The van der Waals surface area contributed by atoms with Gasteiger partial charge in [0, 0.05) is 23.8 Å². The van der Waals surface area contributed by atoms with E-state index in [9.17, 15) is 14.7 Å². The number of rotatable bonds is 7. The summed E-state index contributed by atoms with van der Waals surface area (Å²) in [6.07, 6.45) is -1.04. The number of nitrogens with one attached hydrogen (secondary N) is 2. The van der Waals surface area contributed by atoms with E-state index in [1.54, 1.807) is 6.07 Å². The van der Waals surface area contributed by atoms with Gasteiger partial charge in [-0.25, -0.2) is 0 Å². The topological polar surface area (TPSA) is 119 Å². The highest BCUT2D eigenvalue weighted by Crippen LogP contribution is 2.27. The Balaban J connectivity index is 3.13. The molecule has 7 nitrogen and oxygen atoms in total. The number of carbonyl (C=O) groups is 2. The van der Waals surface area contributed by atoms with Crippen molar-refractivity contribution in [1.82, 2.24) is 10.6 Å². The van der Waals surface area contributed by atoms with Crippen LogP contribution in [0, 0.1) is 10.7 Å². The van der Waals surface area contributed by atoms with Crippen molar-refractivity contribution in [2.45, 2.75) is 6.10 Å². The minimum absolute atomic E-state index is 0.0838. The minimum atomic E-state index is -1.04. The Hall–Kier alpha value is 0.230. The van der Waals surface area contributed by atoms with E-state index < -0.39 is 18.6 Å². The fraction of sp³-hybridized carbons (Fsp3) is 0.385. The standard InChI is InChI=1S/C13H15I3N2O5/c14-7-3-8(15)10(13(23)18-4-6(21)5-20)11(16)9(7)12(22)17-1-2-19/h3,6,19-21H,1-2,4-5H2,(H,17,22)(H,18,23). The van der Waals surface area contributed by atoms with Crippen LogP contribution in [0.4, 0.5) is 0 Å². The molecule has 5 N–H and O–H groups in total. The van der Waals surface area contributed by atoms with Crippen molar-refractivity contribution in [3.63, 3.8) is 0 Å². The molecule has 1 aromatic carbocycles. The monoisotopic (exact) mass is 660 g/mol. The summed E-state index contributed by atoms with van der Waals surface area (Å²) in [4.78, 5) is 24.5. The van der Waals surface area contributed by atoms with Crippen LogP contribution in [0.2, 0.25) is 0 Å². The fourth-order valence-corrected chi connectivity index (χ4v) is 5.98. The molecule has 0 saturated heterocycles. The van der Waals surface area contributed by atoms with E-state index in [2.05, 4.69) is 10.6 Å². The lowest BCUT2D eigenvalue weighted by Gasteiger charge is -2.15. The van der Waals surface area contributed by atoms with Crippen molar-refractivity contribution in [2.24, 2.45) is 0 Å². The van der Waals surface area contributed by atoms with Crippen LogP contribution < -0.4 is 10.6 Å². The third-order valence-electron chi connectivity index (χ3n) is 2.73. The second-order valence-electron chi connectivity index (χ2n) is 4.43. The van der Waals surface area contributed by atoms with Crippen LogP contribution in [-0.4, -0.2) is 59.5 Å². The Labute approximate surface area is 174 Å². The van der Waals surface area contributed by atoms with E-state index in [0.29, 0.717) is 21.8 Å². The number of carbonyl (C=O) groups excluding carboxylic acids is 2. The molecule has 10 heteroatoms. The first kappa shape index (κ1) is 21.3. The summed E-state index contributed by atoms with van der Waals surface area (Å²) in [5, 5.41) is 32.0. The maximum absolute atomic E-state index is 12.3. The Bertz CT molecular complexity index is 597. The second-order valence-corrected chi connectivity index (χ2v) is 7.83. The van der Waals surface area contributed by atoms with Gasteiger partial charge < -0.3 is 26.0 Å². The SMILES string of the molecule is O=C(NCCO)c1c(I)cc(I)c(C(=O)NCC(O)CO)c1I. The number of amides is 2. The molecule has 1 rings (SSSR count). The number of halogens is 3. The third-order valence-corrected chi connectivity index (χ3v) is 5.51. The van der Waals surface area contributed by atoms with Crippen molar-refractivity contribution in [3.8, 4) is 0 Å². The molecule has 128 valence electrons. The molecule has 0 aliphatic rings. The third kappa shape index (κ3) is 5.91. The van der Waals surface area contributed by atoms with Crippen molar-refractivity contribution in [1.29, 1.82) is 0 Å². The largest absolute Gasteiger partial charge is 0.395 e. The average molecular weight is 660 g/mol. The van der Waals surface area contributed by atoms with Crippen molar-refractivity contribution < 1.29 is 24.9 Å². The van der Waals surface area contributed by atoms with Crippen LogP contribution in [0.1, 0.15) is 20.7 Å². The number of aliphatic hydroxyl groups excluding tert-OH is 3. The van der Waals surface area contributed by atoms with Crippen molar-refractivity contribution >= 4 is 79.6 Å². The molecule has 1 atom stereocenters. The zero-order valence-corrected chi connectivity index (χ0v) is 18.2. The summed E-state index contributed by atoms with van der Waals surface area (Å²) >= 11 is 5.96. The molecule has 0 aliphatic carbocycles. The summed E-state index contributed by atoms with van der Waals surface area (Å²) < 4.78 is 1.86. The molecule has 0 bridgehead atoms. The molecule has 23 heavy (non-hydrogen) atoms. The molecule has 2 amide bonds. The van der Waals surface area contributed by atoms with Gasteiger partial charge in [0.25, 0.3) is 11.8 Å². The van der Waals surface area contributed by atoms with Crippen LogP contribution in [0.5, 0.6) is 0 Å². The zero-order chi connectivity index (χ0) is 17.6. The Morgan fingerprint density at radius 3 is 2.04 bits per heavy atom. The summed E-state index contributed by atoms with van der Waals surface area (Å²) in [5.74, 6) is -0.799. The number of benzene rings is 1. The summed E-state index contributed by atoms with van der Waals surface area (Å²) in [6.45, 7) is -0.577. The van der Waals surface area contributed by atoms with Crippen molar-refractivity contribution in [2.75, 3.05) is 26.3 Å². The van der Waals surface area contributed by atoms with Crippen molar-refractivity contribution in [3.05, 3.63) is 27.9 Å². The summed E-state index contributed by atoms with van der Waals surface area (Å²) in [7, 11) is 0. The predicted molar refractivity (Wildman–Crippen MR) is 109 cm³/mol. The van der Waals surface area contributed by atoms with Gasteiger partial charge in [0.1, 0.15) is 0 Å². The molecule has 1 unspecified atom stereocenters. The highest BCUT2D eigenvalue weighted by molar-refractivity contribution is 14.1. The molecule has 1 aromatic rings. The predicted octanol–water partition coefficient (Wildman–Crippen LogP) is 0.306. The first-order valence-electron chi connectivity index (χ1n) is 6.47. The van der Waals surface area contributed by atoms with E-state index >= 15 is 0 Å². The molecular formula is C13H15I3N2O5. The van der Waals surface area contributed by atoms with E-state index in [1.807, 2.05) is 67.8 Å². The molecular weight excluding hydrogens is 645 g/mol. The van der Waals surface area contributed by atoms with Gasteiger partial charge in [-0.2, -0.15) is 0 Å². The van der Waals surface area contributed by atoms with Gasteiger partial charge in [-0.05, 0) is 73.8 Å². The van der Waals surface area contributed by atoms with Crippen LogP contribution in [-0.2, 0) is 0 Å². The average Bonchev–Trinajstić information content (AvgIpc) is 2.49. The lowest BCUT2D eigenvalue weighted by Crippen LogP contribution is -2.35. The Kier molecular flexibility index (Phi) is 9.50. The van der Waals surface area contributed by atoms with Gasteiger partial charge in [0.05, 0.1) is 30.4 Å². The molecule has 0 aliphatic heterocycles. The summed E-state index contributed by atoms with van der Waals surface area (Å²) in [5.41, 5.74) is 0.707. The molecule has 0 heterocycles. The van der Waals surface area contributed by atoms with Crippen LogP contribution >= 0.6 is 67.8 Å². The highest BCUT2D eigenvalue weighted by atomic mass is 127. The number of hydrogen-bond acceptors (Lipinski definition) is 5. The van der Waals surface area contributed by atoms with Gasteiger partial charge in [-0.15, -0.1) is 0 Å². The smallest absolute Gasteiger partial charge is 0.253 e. The first-order valence-corrected chi connectivity index (χ1v) is 9.70. The van der Waals surface area contributed by atoms with Gasteiger partial charge in [0.2, 0.25) is 0 Å². The number of hydrogen-bond donors (Lipinski definition) is 5. The molecule has 0 spiro atoms. The highest BCUT2D eigenvalue weighted by Gasteiger charge is 2.23. The quantitative estimate of drug-likeness (QED) is 0.270. The summed E-state index contributed by atoms with van der Waals surface area (Å²) in [6, 6.07) is 1.72. The molecule has 0 saturated carbocycles. The van der Waals surface area contributed by atoms with Gasteiger partial charge in [-0.1, -0.05) is 0 Å². The van der Waals surface area contributed by atoms with Gasteiger partial charge in [-0.3, -0.25) is 9.59 Å². The zero-order valence-electron chi connectivity index (χ0n) is 11.8. The lowest BCUT2D eigenvalue weighted by molar-refractivity contribution is 0.0800.